The number of anilines is 1. The number of nitrogens with zero attached hydrogens (tertiary/aromatic N) is 2. The molecule has 1 amide bonds. The summed E-state index contributed by atoms with van der Waals surface area (Å²) in [5.74, 6) is -0.307. The first-order valence-electron chi connectivity index (χ1n) is 8.93. The van der Waals surface area contributed by atoms with Crippen LogP contribution in [0.15, 0.2) is 42.5 Å². The number of nitrogens with one attached hydrogen (secondary N) is 1. The van der Waals surface area contributed by atoms with Crippen LogP contribution in [0.5, 0.6) is 0 Å². The Kier molecular flexibility index (Phi) is 7.42. The SMILES string of the molecule is O=C(CN1CCN(S(=O)(=O)Cc2ccccc2)CC1)Nc1c(Cl)cc(Cl)cc1Cl. The average molecular weight is 477 g/mol. The molecule has 3 rings (SSSR count). The molecule has 0 aromatic heterocycles. The molecule has 156 valence electrons. The van der Waals surface area contributed by atoms with Gasteiger partial charge in [0.15, 0.2) is 0 Å². The molecule has 0 radical (unpaired) electrons. The fraction of sp³-hybridized carbons (Fsp3) is 0.316. The van der Waals surface area contributed by atoms with Crippen LogP contribution in [0.1, 0.15) is 5.56 Å². The first kappa shape index (κ1) is 22.3. The van der Waals surface area contributed by atoms with Gasteiger partial charge in [-0.25, -0.2) is 8.42 Å². The van der Waals surface area contributed by atoms with E-state index in [2.05, 4.69) is 5.32 Å². The van der Waals surface area contributed by atoms with Gasteiger partial charge in [-0.3, -0.25) is 9.69 Å². The van der Waals surface area contributed by atoms with E-state index in [4.69, 9.17) is 34.8 Å². The highest BCUT2D eigenvalue weighted by molar-refractivity contribution is 7.88. The highest BCUT2D eigenvalue weighted by Crippen LogP contribution is 2.33. The van der Waals surface area contributed by atoms with Crippen LogP contribution in [0.4, 0.5) is 5.69 Å². The fourth-order valence-electron chi connectivity index (χ4n) is 3.09. The number of benzene rings is 2. The van der Waals surface area contributed by atoms with Crippen LogP contribution in [-0.2, 0) is 20.6 Å². The number of amides is 1. The molecule has 1 N–H and O–H groups in total. The van der Waals surface area contributed by atoms with Crippen molar-refractivity contribution in [3.8, 4) is 0 Å². The molecule has 0 aliphatic carbocycles. The van der Waals surface area contributed by atoms with Crippen molar-refractivity contribution in [2.45, 2.75) is 5.75 Å². The zero-order valence-electron chi connectivity index (χ0n) is 15.4. The zero-order valence-corrected chi connectivity index (χ0v) is 18.5. The van der Waals surface area contributed by atoms with Gasteiger partial charge in [0.1, 0.15) is 0 Å². The Morgan fingerprint density at radius 1 is 0.966 bits per heavy atom. The number of halogens is 3. The van der Waals surface area contributed by atoms with Crippen molar-refractivity contribution in [2.75, 3.05) is 38.0 Å². The van der Waals surface area contributed by atoms with Gasteiger partial charge in [-0.15, -0.1) is 0 Å². The molecule has 2 aromatic carbocycles. The number of carbonyl (C=O) groups excluding carboxylic acids is 1. The highest BCUT2D eigenvalue weighted by atomic mass is 35.5. The zero-order chi connectivity index (χ0) is 21.0. The predicted molar refractivity (Wildman–Crippen MR) is 117 cm³/mol. The van der Waals surface area contributed by atoms with Gasteiger partial charge in [0.2, 0.25) is 15.9 Å². The molecule has 10 heteroatoms. The Morgan fingerprint density at radius 3 is 2.14 bits per heavy atom. The molecule has 0 bridgehead atoms. The summed E-state index contributed by atoms with van der Waals surface area (Å²) in [6.07, 6.45) is 0. The van der Waals surface area contributed by atoms with Crippen molar-refractivity contribution >= 4 is 56.4 Å². The third kappa shape index (κ3) is 6.07. The molecular weight excluding hydrogens is 457 g/mol. The van der Waals surface area contributed by atoms with Gasteiger partial charge in [-0.1, -0.05) is 65.1 Å². The number of hydrogen-bond acceptors (Lipinski definition) is 4. The Bertz CT molecular complexity index is 956. The maximum atomic E-state index is 12.6. The Hall–Kier alpha value is -1.35. The predicted octanol–water partition coefficient (Wildman–Crippen LogP) is 3.73. The minimum Gasteiger partial charge on any atom is -0.322 e. The molecule has 6 nitrogen and oxygen atoms in total. The second-order valence-corrected chi connectivity index (χ2v) is 9.93. The van der Waals surface area contributed by atoms with Crippen LogP contribution < -0.4 is 5.32 Å². The number of rotatable bonds is 6. The molecule has 1 heterocycles. The van der Waals surface area contributed by atoms with Crippen molar-refractivity contribution in [3.63, 3.8) is 0 Å². The molecule has 1 aliphatic rings. The number of carbonyl (C=O) groups is 1. The summed E-state index contributed by atoms with van der Waals surface area (Å²) in [6, 6.07) is 12.1. The quantitative estimate of drug-likeness (QED) is 0.690. The molecule has 0 atom stereocenters. The normalized spacial score (nSPS) is 16.0. The maximum Gasteiger partial charge on any atom is 0.238 e. The van der Waals surface area contributed by atoms with Gasteiger partial charge in [-0.2, -0.15) is 4.31 Å². The van der Waals surface area contributed by atoms with Crippen LogP contribution in [-0.4, -0.2) is 56.3 Å². The van der Waals surface area contributed by atoms with Gasteiger partial charge in [0, 0.05) is 31.2 Å². The molecule has 0 saturated carbocycles. The highest BCUT2D eigenvalue weighted by Gasteiger charge is 2.28. The summed E-state index contributed by atoms with van der Waals surface area (Å²) in [5.41, 5.74) is 1.07. The van der Waals surface area contributed by atoms with Crippen LogP contribution in [0.25, 0.3) is 0 Å². The van der Waals surface area contributed by atoms with Gasteiger partial charge < -0.3 is 5.32 Å². The van der Waals surface area contributed by atoms with Crippen LogP contribution in [0, 0.1) is 0 Å². The van der Waals surface area contributed by atoms with E-state index in [-0.39, 0.29) is 28.3 Å². The standard InChI is InChI=1S/C19H20Cl3N3O3S/c20-15-10-16(21)19(17(22)11-15)23-18(26)12-24-6-8-25(9-7-24)29(27,28)13-14-4-2-1-3-5-14/h1-5,10-11H,6-9,12-13H2,(H,23,26). The Balaban J connectivity index is 1.52. The van der Waals surface area contributed by atoms with E-state index in [1.165, 1.54) is 16.4 Å². The van der Waals surface area contributed by atoms with E-state index in [1.807, 2.05) is 23.1 Å². The van der Waals surface area contributed by atoms with E-state index >= 15 is 0 Å². The summed E-state index contributed by atoms with van der Waals surface area (Å²) in [7, 11) is -3.39. The van der Waals surface area contributed by atoms with E-state index in [0.717, 1.165) is 5.56 Å². The summed E-state index contributed by atoms with van der Waals surface area (Å²) < 4.78 is 26.7. The lowest BCUT2D eigenvalue weighted by Gasteiger charge is -2.33. The number of piperazine rings is 1. The van der Waals surface area contributed by atoms with Gasteiger partial charge in [0.25, 0.3) is 0 Å². The molecule has 0 unspecified atom stereocenters. The van der Waals surface area contributed by atoms with Gasteiger partial charge in [0.05, 0.1) is 28.0 Å². The Labute approximate surface area is 185 Å². The van der Waals surface area contributed by atoms with Crippen LogP contribution in [0.2, 0.25) is 15.1 Å². The first-order valence-corrected chi connectivity index (χ1v) is 11.7. The third-order valence-corrected chi connectivity index (χ3v) is 7.22. The third-order valence-electron chi connectivity index (χ3n) is 4.56. The van der Waals surface area contributed by atoms with Crippen molar-refractivity contribution in [1.82, 2.24) is 9.21 Å². The van der Waals surface area contributed by atoms with Crippen LogP contribution >= 0.6 is 34.8 Å². The number of hydrogen-bond donors (Lipinski definition) is 1. The second kappa shape index (κ2) is 9.64. The van der Waals surface area contributed by atoms with E-state index in [9.17, 15) is 13.2 Å². The average Bonchev–Trinajstić information content (AvgIpc) is 2.65. The summed E-state index contributed by atoms with van der Waals surface area (Å²) >= 11 is 18.0. The molecule has 0 spiro atoms. The molecule has 1 aliphatic heterocycles. The summed E-state index contributed by atoms with van der Waals surface area (Å²) in [4.78, 5) is 14.2. The number of sulfonamides is 1. The van der Waals surface area contributed by atoms with E-state index < -0.39 is 10.0 Å². The largest absolute Gasteiger partial charge is 0.322 e. The monoisotopic (exact) mass is 475 g/mol. The summed E-state index contributed by atoms with van der Waals surface area (Å²) in [6.45, 7) is 1.71. The topological polar surface area (TPSA) is 69.7 Å². The first-order chi connectivity index (χ1) is 13.7. The van der Waals surface area contributed by atoms with Crippen LogP contribution in [0.3, 0.4) is 0 Å². The maximum absolute atomic E-state index is 12.6. The van der Waals surface area contributed by atoms with Crippen molar-refractivity contribution in [1.29, 1.82) is 0 Å². The molecule has 1 saturated heterocycles. The van der Waals surface area contributed by atoms with Crippen molar-refractivity contribution in [2.24, 2.45) is 0 Å². The molecule has 29 heavy (non-hydrogen) atoms. The lowest BCUT2D eigenvalue weighted by atomic mass is 10.2. The second-order valence-electron chi connectivity index (χ2n) is 6.71. The van der Waals surface area contributed by atoms with Crippen molar-refractivity contribution < 1.29 is 13.2 Å². The smallest absolute Gasteiger partial charge is 0.238 e. The van der Waals surface area contributed by atoms with E-state index in [0.29, 0.717) is 36.9 Å². The minimum atomic E-state index is -3.39. The molecule has 2 aromatic rings. The van der Waals surface area contributed by atoms with Crippen molar-refractivity contribution in [3.05, 3.63) is 63.1 Å². The molecule has 1 fully saturated rings. The summed E-state index contributed by atoms with van der Waals surface area (Å²) in [5, 5.41) is 3.59. The van der Waals surface area contributed by atoms with Gasteiger partial charge >= 0.3 is 0 Å². The lowest BCUT2D eigenvalue weighted by molar-refractivity contribution is -0.117. The van der Waals surface area contributed by atoms with Gasteiger partial charge in [-0.05, 0) is 17.7 Å². The minimum absolute atomic E-state index is 0.0259. The Morgan fingerprint density at radius 2 is 1.55 bits per heavy atom. The van der Waals surface area contributed by atoms with E-state index in [1.54, 1.807) is 12.1 Å². The molecular formula is C19H20Cl3N3O3S. The lowest BCUT2D eigenvalue weighted by Crippen LogP contribution is -2.50. The fourth-order valence-corrected chi connectivity index (χ4v) is 5.51.